The quantitative estimate of drug-likeness (QED) is 0.858. The number of nitrogens with zero attached hydrogens (tertiary/aromatic N) is 1. The summed E-state index contributed by atoms with van der Waals surface area (Å²) < 4.78 is 10.8. The van der Waals surface area contributed by atoms with Gasteiger partial charge in [-0.05, 0) is 6.07 Å². The molecule has 1 saturated heterocycles. The van der Waals surface area contributed by atoms with Gasteiger partial charge >= 0.3 is 0 Å². The van der Waals surface area contributed by atoms with Crippen LogP contribution in [0.3, 0.4) is 0 Å². The topological polar surface area (TPSA) is 72.5 Å². The predicted molar refractivity (Wildman–Crippen MR) is 76.3 cm³/mol. The van der Waals surface area contributed by atoms with Gasteiger partial charge in [-0.1, -0.05) is 11.6 Å². The van der Waals surface area contributed by atoms with Crippen molar-refractivity contribution < 1.29 is 14.3 Å². The molecule has 1 aliphatic heterocycles. The highest BCUT2D eigenvalue weighted by molar-refractivity contribution is 6.33. The van der Waals surface area contributed by atoms with Crippen molar-refractivity contribution in [1.82, 2.24) is 10.3 Å². The van der Waals surface area contributed by atoms with E-state index in [0.29, 0.717) is 36.2 Å². The second kappa shape index (κ2) is 6.39. The zero-order valence-electron chi connectivity index (χ0n) is 11.5. The Morgan fingerprint density at radius 3 is 3.05 bits per heavy atom. The molecule has 1 atom stereocenters. The van der Waals surface area contributed by atoms with Gasteiger partial charge in [0.15, 0.2) is 0 Å². The van der Waals surface area contributed by atoms with E-state index in [1.54, 1.807) is 20.2 Å². The number of halogens is 1. The molecular formula is C13H18ClN3O3. The minimum absolute atomic E-state index is 0.253. The Hall–Kier alpha value is -1.37. The third kappa shape index (κ3) is 3.20. The van der Waals surface area contributed by atoms with E-state index in [2.05, 4.69) is 15.6 Å². The highest BCUT2D eigenvalue weighted by Crippen LogP contribution is 2.22. The minimum atomic E-state index is -0.443. The van der Waals surface area contributed by atoms with Gasteiger partial charge in [0.05, 0.1) is 17.2 Å². The number of ether oxygens (including phenoxy) is 2. The maximum atomic E-state index is 12.2. The number of aromatic nitrogens is 1. The molecule has 1 aliphatic rings. The van der Waals surface area contributed by atoms with Crippen LogP contribution in [0.4, 0.5) is 5.82 Å². The maximum absolute atomic E-state index is 12.2. The molecule has 1 aromatic heterocycles. The van der Waals surface area contributed by atoms with E-state index in [1.807, 2.05) is 0 Å². The van der Waals surface area contributed by atoms with Gasteiger partial charge in [0.25, 0.3) is 5.91 Å². The lowest BCUT2D eigenvalue weighted by atomic mass is 10.0. The second-order valence-corrected chi connectivity index (χ2v) is 5.08. The molecule has 6 nitrogen and oxygen atoms in total. The van der Waals surface area contributed by atoms with E-state index >= 15 is 0 Å². The molecule has 2 rings (SSSR count). The fourth-order valence-corrected chi connectivity index (χ4v) is 2.24. The molecule has 0 bridgehead atoms. The normalized spacial score (nSPS) is 21.8. The van der Waals surface area contributed by atoms with Crippen LogP contribution >= 0.6 is 11.6 Å². The highest BCUT2D eigenvalue weighted by atomic mass is 35.5. The summed E-state index contributed by atoms with van der Waals surface area (Å²) in [6.45, 7) is 1.51. The second-order valence-electron chi connectivity index (χ2n) is 4.67. The van der Waals surface area contributed by atoms with Crippen LogP contribution in [-0.4, -0.2) is 50.4 Å². The number of rotatable bonds is 5. The van der Waals surface area contributed by atoms with Crippen LogP contribution in [0.25, 0.3) is 0 Å². The minimum Gasteiger partial charge on any atom is -0.378 e. The molecule has 0 spiro atoms. The highest BCUT2D eigenvalue weighted by Gasteiger charge is 2.35. The summed E-state index contributed by atoms with van der Waals surface area (Å²) in [4.78, 5) is 16.2. The SMILES string of the molecule is CNc1cc(C(=O)NCC2(OC)CCOC2)c(Cl)cn1. The summed E-state index contributed by atoms with van der Waals surface area (Å²) in [5.41, 5.74) is -0.0581. The number of hydrogen-bond acceptors (Lipinski definition) is 5. The van der Waals surface area contributed by atoms with Crippen molar-refractivity contribution in [3.8, 4) is 0 Å². The molecule has 0 aromatic carbocycles. The molecule has 20 heavy (non-hydrogen) atoms. The first-order valence-corrected chi connectivity index (χ1v) is 6.72. The van der Waals surface area contributed by atoms with Crippen LogP contribution in [0.15, 0.2) is 12.3 Å². The van der Waals surface area contributed by atoms with E-state index in [9.17, 15) is 4.79 Å². The van der Waals surface area contributed by atoms with Crippen LogP contribution in [0.5, 0.6) is 0 Å². The van der Waals surface area contributed by atoms with Gasteiger partial charge in [0.2, 0.25) is 0 Å². The van der Waals surface area contributed by atoms with Gasteiger partial charge in [0, 0.05) is 39.9 Å². The van der Waals surface area contributed by atoms with Crippen molar-refractivity contribution in [2.45, 2.75) is 12.0 Å². The number of nitrogens with one attached hydrogen (secondary N) is 2. The lowest BCUT2D eigenvalue weighted by molar-refractivity contribution is -0.0148. The lowest BCUT2D eigenvalue weighted by Crippen LogP contribution is -2.45. The first kappa shape index (κ1) is 15.0. The molecule has 0 saturated carbocycles. The first-order chi connectivity index (χ1) is 9.60. The summed E-state index contributed by atoms with van der Waals surface area (Å²) in [5.74, 6) is 0.336. The molecule has 1 unspecified atom stereocenters. The van der Waals surface area contributed by atoms with E-state index in [-0.39, 0.29) is 5.91 Å². The van der Waals surface area contributed by atoms with Crippen molar-refractivity contribution in [1.29, 1.82) is 0 Å². The Bertz CT molecular complexity index is 490. The third-order valence-electron chi connectivity index (χ3n) is 3.43. The van der Waals surface area contributed by atoms with Crippen LogP contribution in [-0.2, 0) is 9.47 Å². The number of hydrogen-bond donors (Lipinski definition) is 2. The predicted octanol–water partition coefficient (Wildman–Crippen LogP) is 1.31. The Balaban J connectivity index is 2.04. The fourth-order valence-electron chi connectivity index (χ4n) is 2.05. The smallest absolute Gasteiger partial charge is 0.253 e. The molecule has 2 N–H and O–H groups in total. The van der Waals surface area contributed by atoms with Crippen LogP contribution in [0.1, 0.15) is 16.8 Å². The fraction of sp³-hybridized carbons (Fsp3) is 0.538. The van der Waals surface area contributed by atoms with E-state index in [1.165, 1.54) is 6.20 Å². The molecule has 1 fully saturated rings. The van der Waals surface area contributed by atoms with Gasteiger partial charge in [-0.2, -0.15) is 0 Å². The molecule has 110 valence electrons. The molecular weight excluding hydrogens is 282 g/mol. The van der Waals surface area contributed by atoms with Crippen LogP contribution < -0.4 is 10.6 Å². The Morgan fingerprint density at radius 1 is 1.65 bits per heavy atom. The van der Waals surface area contributed by atoms with Gasteiger partial charge in [-0.3, -0.25) is 4.79 Å². The van der Waals surface area contributed by atoms with E-state index < -0.39 is 5.60 Å². The van der Waals surface area contributed by atoms with Crippen molar-refractivity contribution in [2.75, 3.05) is 39.2 Å². The number of amides is 1. The molecule has 1 amide bonds. The first-order valence-electron chi connectivity index (χ1n) is 6.34. The zero-order valence-corrected chi connectivity index (χ0v) is 12.3. The number of pyridine rings is 1. The third-order valence-corrected chi connectivity index (χ3v) is 3.73. The van der Waals surface area contributed by atoms with Gasteiger partial charge in [0.1, 0.15) is 11.4 Å². The van der Waals surface area contributed by atoms with Crippen molar-refractivity contribution in [3.63, 3.8) is 0 Å². The average Bonchev–Trinajstić information content (AvgIpc) is 2.95. The van der Waals surface area contributed by atoms with Crippen LogP contribution in [0.2, 0.25) is 5.02 Å². The molecule has 2 heterocycles. The lowest BCUT2D eigenvalue weighted by Gasteiger charge is -2.25. The largest absolute Gasteiger partial charge is 0.378 e. The number of anilines is 1. The van der Waals surface area contributed by atoms with Crippen molar-refractivity contribution in [2.24, 2.45) is 0 Å². The summed E-state index contributed by atoms with van der Waals surface area (Å²) in [6.07, 6.45) is 2.21. The number of methoxy groups -OCH3 is 1. The standard InChI is InChI=1S/C13H18ClN3O3/c1-15-11-5-9(10(14)6-16-11)12(18)17-7-13(19-2)3-4-20-8-13/h5-6H,3-4,7-8H2,1-2H3,(H,15,16)(H,17,18). The summed E-state index contributed by atoms with van der Waals surface area (Å²) >= 11 is 6.00. The Morgan fingerprint density at radius 2 is 2.45 bits per heavy atom. The summed E-state index contributed by atoms with van der Waals surface area (Å²) in [7, 11) is 3.35. The summed E-state index contributed by atoms with van der Waals surface area (Å²) in [6, 6.07) is 1.61. The molecule has 0 radical (unpaired) electrons. The van der Waals surface area contributed by atoms with Gasteiger partial charge in [-0.25, -0.2) is 4.98 Å². The average molecular weight is 300 g/mol. The van der Waals surface area contributed by atoms with Crippen LogP contribution in [0, 0.1) is 0 Å². The number of carbonyl (C=O) groups is 1. The molecule has 7 heteroatoms. The monoisotopic (exact) mass is 299 g/mol. The van der Waals surface area contributed by atoms with Crippen molar-refractivity contribution >= 4 is 23.3 Å². The summed E-state index contributed by atoms with van der Waals surface area (Å²) in [5, 5.41) is 6.03. The Labute approximate surface area is 122 Å². The number of carbonyl (C=O) groups excluding carboxylic acids is 1. The zero-order chi connectivity index (χ0) is 14.6. The van der Waals surface area contributed by atoms with Gasteiger partial charge in [-0.15, -0.1) is 0 Å². The molecule has 0 aliphatic carbocycles. The maximum Gasteiger partial charge on any atom is 0.253 e. The van der Waals surface area contributed by atoms with Gasteiger partial charge < -0.3 is 20.1 Å². The van der Waals surface area contributed by atoms with Crippen molar-refractivity contribution in [3.05, 3.63) is 22.8 Å². The van der Waals surface area contributed by atoms with E-state index in [4.69, 9.17) is 21.1 Å². The Kier molecular flexibility index (Phi) is 4.80. The van der Waals surface area contributed by atoms with E-state index in [0.717, 1.165) is 6.42 Å². The molecule has 1 aromatic rings.